The fourth-order valence-corrected chi connectivity index (χ4v) is 2.17. The van der Waals surface area contributed by atoms with Crippen LogP contribution in [-0.2, 0) is 12.6 Å². The van der Waals surface area contributed by atoms with Crippen molar-refractivity contribution < 1.29 is 18.3 Å². The van der Waals surface area contributed by atoms with E-state index in [4.69, 9.17) is 23.2 Å². The van der Waals surface area contributed by atoms with Gasteiger partial charge in [0.25, 0.3) is 0 Å². The summed E-state index contributed by atoms with van der Waals surface area (Å²) in [7, 11) is 0. The van der Waals surface area contributed by atoms with E-state index in [-0.39, 0.29) is 12.1 Å². The third-order valence-corrected chi connectivity index (χ3v) is 3.48. The number of hydrogen-bond acceptors (Lipinski definition) is 2. The average molecular weight is 336 g/mol. The zero-order chi connectivity index (χ0) is 15.6. The van der Waals surface area contributed by atoms with Crippen LogP contribution in [-0.4, -0.2) is 10.1 Å². The molecule has 1 aromatic heterocycles. The maximum absolute atomic E-state index is 12.4. The average Bonchev–Trinajstić information content (AvgIpc) is 2.42. The molecule has 7 heteroatoms. The van der Waals surface area contributed by atoms with E-state index < -0.39 is 17.8 Å². The van der Waals surface area contributed by atoms with Crippen molar-refractivity contribution in [3.63, 3.8) is 0 Å². The number of aromatic nitrogens is 1. The SMILES string of the molecule is OC(Cc1cc(Cl)ccc1Cl)c1ccc(C(F)(F)F)cn1. The third-order valence-electron chi connectivity index (χ3n) is 2.88. The van der Waals surface area contributed by atoms with Crippen LogP contribution in [0.3, 0.4) is 0 Å². The molecule has 1 heterocycles. The van der Waals surface area contributed by atoms with E-state index in [2.05, 4.69) is 4.98 Å². The molecule has 0 spiro atoms. The largest absolute Gasteiger partial charge is 0.417 e. The molecule has 2 aromatic rings. The summed E-state index contributed by atoms with van der Waals surface area (Å²) in [5, 5.41) is 10.9. The number of hydrogen-bond donors (Lipinski definition) is 1. The first-order valence-corrected chi connectivity index (χ1v) is 6.68. The molecule has 0 saturated heterocycles. The molecule has 0 fully saturated rings. The Hall–Kier alpha value is -1.30. The van der Waals surface area contributed by atoms with Crippen LogP contribution in [0.1, 0.15) is 22.9 Å². The number of pyridine rings is 1. The molecule has 1 atom stereocenters. The van der Waals surface area contributed by atoms with Crippen molar-refractivity contribution >= 4 is 23.2 Å². The van der Waals surface area contributed by atoms with Crippen molar-refractivity contribution in [2.75, 3.05) is 0 Å². The second-order valence-electron chi connectivity index (χ2n) is 4.43. The van der Waals surface area contributed by atoms with Gasteiger partial charge in [0.1, 0.15) is 0 Å². The van der Waals surface area contributed by atoms with Crippen molar-refractivity contribution in [3.05, 3.63) is 63.4 Å². The van der Waals surface area contributed by atoms with Gasteiger partial charge in [-0.05, 0) is 35.9 Å². The van der Waals surface area contributed by atoms with Crippen LogP contribution >= 0.6 is 23.2 Å². The molecule has 0 aliphatic heterocycles. The summed E-state index contributed by atoms with van der Waals surface area (Å²) in [6, 6.07) is 6.82. The van der Waals surface area contributed by atoms with E-state index in [0.29, 0.717) is 21.8 Å². The Bertz CT molecular complexity index is 629. The second-order valence-corrected chi connectivity index (χ2v) is 5.27. The van der Waals surface area contributed by atoms with E-state index >= 15 is 0 Å². The van der Waals surface area contributed by atoms with Gasteiger partial charge < -0.3 is 5.11 Å². The first-order valence-electron chi connectivity index (χ1n) is 5.92. The number of nitrogens with zero attached hydrogens (tertiary/aromatic N) is 1. The van der Waals surface area contributed by atoms with Gasteiger partial charge >= 0.3 is 6.18 Å². The molecule has 0 saturated carbocycles. The highest BCUT2D eigenvalue weighted by Crippen LogP contribution is 2.30. The summed E-state index contributed by atoms with van der Waals surface area (Å²) in [6.45, 7) is 0. The quantitative estimate of drug-likeness (QED) is 0.883. The predicted octanol–water partition coefficient (Wildman–Crippen LogP) is 4.68. The maximum Gasteiger partial charge on any atom is 0.417 e. The molecular formula is C14H10Cl2F3NO. The highest BCUT2D eigenvalue weighted by Gasteiger charge is 2.30. The van der Waals surface area contributed by atoms with Crippen LogP contribution in [0.5, 0.6) is 0 Å². The molecule has 112 valence electrons. The van der Waals surface area contributed by atoms with Crippen LogP contribution in [0, 0.1) is 0 Å². The molecule has 1 unspecified atom stereocenters. The summed E-state index contributed by atoms with van der Waals surface area (Å²) in [5.41, 5.74) is -0.128. The van der Waals surface area contributed by atoms with E-state index in [9.17, 15) is 18.3 Å². The van der Waals surface area contributed by atoms with Crippen molar-refractivity contribution in [2.24, 2.45) is 0 Å². The topological polar surface area (TPSA) is 33.1 Å². The summed E-state index contributed by atoms with van der Waals surface area (Å²) in [5.74, 6) is 0. The van der Waals surface area contributed by atoms with Gasteiger partial charge in [-0.25, -0.2) is 0 Å². The van der Waals surface area contributed by atoms with Crippen LogP contribution in [0.15, 0.2) is 36.5 Å². The minimum atomic E-state index is -4.45. The fraction of sp³-hybridized carbons (Fsp3) is 0.214. The lowest BCUT2D eigenvalue weighted by molar-refractivity contribution is -0.137. The van der Waals surface area contributed by atoms with Crippen molar-refractivity contribution in [2.45, 2.75) is 18.7 Å². The predicted molar refractivity (Wildman–Crippen MR) is 74.4 cm³/mol. The standard InChI is InChI=1S/C14H10Cl2F3NO/c15-10-2-3-11(16)8(5-10)6-13(21)12-4-1-9(7-20-12)14(17,18)19/h1-5,7,13,21H,6H2. The summed E-state index contributed by atoms with van der Waals surface area (Å²) in [4.78, 5) is 3.65. The molecule has 1 N–H and O–H groups in total. The first-order chi connectivity index (χ1) is 9.77. The summed E-state index contributed by atoms with van der Waals surface area (Å²) < 4.78 is 37.3. The summed E-state index contributed by atoms with van der Waals surface area (Å²) in [6.07, 6.45) is -4.72. The molecule has 0 radical (unpaired) electrons. The Morgan fingerprint density at radius 1 is 1.14 bits per heavy atom. The minimum absolute atomic E-state index is 0.109. The normalized spacial score (nSPS) is 13.2. The molecule has 1 aromatic carbocycles. The molecule has 0 aliphatic carbocycles. The van der Waals surface area contributed by atoms with Gasteiger partial charge in [-0.3, -0.25) is 4.98 Å². The zero-order valence-electron chi connectivity index (χ0n) is 10.5. The molecule has 2 rings (SSSR count). The van der Waals surface area contributed by atoms with Crippen LogP contribution in [0.4, 0.5) is 13.2 Å². The fourth-order valence-electron chi connectivity index (χ4n) is 1.78. The smallest absolute Gasteiger partial charge is 0.386 e. The number of alkyl halides is 3. The molecule has 0 amide bonds. The number of rotatable bonds is 3. The molecule has 0 aliphatic rings. The Morgan fingerprint density at radius 2 is 1.86 bits per heavy atom. The lowest BCUT2D eigenvalue weighted by atomic mass is 10.0. The highest BCUT2D eigenvalue weighted by molar-refractivity contribution is 6.33. The lowest BCUT2D eigenvalue weighted by Crippen LogP contribution is -2.09. The number of halogens is 5. The minimum Gasteiger partial charge on any atom is -0.386 e. The third kappa shape index (κ3) is 4.09. The number of aliphatic hydroxyl groups is 1. The van der Waals surface area contributed by atoms with Gasteiger partial charge in [-0.15, -0.1) is 0 Å². The van der Waals surface area contributed by atoms with E-state index in [1.807, 2.05) is 0 Å². The Balaban J connectivity index is 2.17. The highest BCUT2D eigenvalue weighted by atomic mass is 35.5. The van der Waals surface area contributed by atoms with E-state index in [1.165, 1.54) is 0 Å². The van der Waals surface area contributed by atoms with Gasteiger partial charge in [0.2, 0.25) is 0 Å². The molecule has 2 nitrogen and oxygen atoms in total. The van der Waals surface area contributed by atoms with Crippen molar-refractivity contribution in [3.8, 4) is 0 Å². The Kier molecular flexibility index (Phi) is 4.76. The number of aliphatic hydroxyl groups excluding tert-OH is 1. The Labute approximate surface area is 129 Å². The van der Waals surface area contributed by atoms with E-state index in [1.54, 1.807) is 18.2 Å². The molecule has 21 heavy (non-hydrogen) atoms. The lowest BCUT2D eigenvalue weighted by Gasteiger charge is -2.13. The van der Waals surface area contributed by atoms with Gasteiger partial charge in [0, 0.05) is 22.7 Å². The first kappa shape index (κ1) is 16.1. The molecule has 0 bridgehead atoms. The summed E-state index contributed by atoms with van der Waals surface area (Å²) >= 11 is 11.8. The van der Waals surface area contributed by atoms with Crippen LogP contribution < -0.4 is 0 Å². The van der Waals surface area contributed by atoms with Crippen molar-refractivity contribution in [1.82, 2.24) is 4.98 Å². The maximum atomic E-state index is 12.4. The second kappa shape index (κ2) is 6.22. The van der Waals surface area contributed by atoms with Gasteiger partial charge in [0.05, 0.1) is 17.4 Å². The molecular weight excluding hydrogens is 326 g/mol. The monoisotopic (exact) mass is 335 g/mol. The number of benzene rings is 1. The van der Waals surface area contributed by atoms with Crippen LogP contribution in [0.25, 0.3) is 0 Å². The Morgan fingerprint density at radius 3 is 2.43 bits per heavy atom. The zero-order valence-corrected chi connectivity index (χ0v) is 12.0. The van der Waals surface area contributed by atoms with E-state index in [0.717, 1.165) is 12.1 Å². The van der Waals surface area contributed by atoms with Gasteiger partial charge in [-0.2, -0.15) is 13.2 Å². The van der Waals surface area contributed by atoms with Gasteiger partial charge in [-0.1, -0.05) is 23.2 Å². The van der Waals surface area contributed by atoms with Crippen molar-refractivity contribution in [1.29, 1.82) is 0 Å². The van der Waals surface area contributed by atoms with Gasteiger partial charge in [0.15, 0.2) is 0 Å². The van der Waals surface area contributed by atoms with Crippen LogP contribution in [0.2, 0.25) is 10.0 Å².